The topological polar surface area (TPSA) is 56.2 Å². The monoisotopic (exact) mass is 225 g/mol. The van der Waals surface area contributed by atoms with Crippen molar-refractivity contribution >= 4 is 5.97 Å². The summed E-state index contributed by atoms with van der Waals surface area (Å²) in [6.07, 6.45) is 4.69. The van der Waals surface area contributed by atoms with Gasteiger partial charge in [-0.15, -0.1) is 0 Å². The van der Waals surface area contributed by atoms with Crippen LogP contribution in [-0.4, -0.2) is 28.7 Å². The van der Waals surface area contributed by atoms with E-state index in [0.29, 0.717) is 6.54 Å². The van der Waals surface area contributed by atoms with Gasteiger partial charge in [0.25, 0.3) is 0 Å². The van der Waals surface area contributed by atoms with Gasteiger partial charge < -0.3 is 9.30 Å². The molecule has 0 aliphatic rings. The summed E-state index contributed by atoms with van der Waals surface area (Å²) >= 11 is 0. The molecule has 0 aromatic carbocycles. The number of aromatic nitrogens is 2. The van der Waals surface area contributed by atoms with E-state index < -0.39 is 0 Å². The molecule has 16 heavy (non-hydrogen) atoms. The molecule has 0 saturated carbocycles. The summed E-state index contributed by atoms with van der Waals surface area (Å²) < 4.78 is 6.72. The van der Waals surface area contributed by atoms with Crippen molar-refractivity contribution in [3.05, 3.63) is 18.2 Å². The number of hydrogen-bond donors (Lipinski definition) is 1. The summed E-state index contributed by atoms with van der Waals surface area (Å²) in [7, 11) is 1.39. The number of carbonyl (C=O) groups excluding carboxylic acids is 1. The molecule has 1 N–H and O–H groups in total. The summed E-state index contributed by atoms with van der Waals surface area (Å²) in [4.78, 5) is 15.3. The molecule has 1 heterocycles. The van der Waals surface area contributed by atoms with Crippen molar-refractivity contribution in [3.63, 3.8) is 0 Å². The normalized spacial score (nSPS) is 12.4. The number of hydrogen-bond acceptors (Lipinski definition) is 4. The number of aryl methyl sites for hydroxylation is 1. The summed E-state index contributed by atoms with van der Waals surface area (Å²) in [6, 6.07) is -0.296. The fourth-order valence-corrected chi connectivity index (χ4v) is 1.46. The van der Waals surface area contributed by atoms with Gasteiger partial charge in [0.1, 0.15) is 6.04 Å². The van der Waals surface area contributed by atoms with Crippen LogP contribution in [0.1, 0.15) is 26.0 Å². The van der Waals surface area contributed by atoms with E-state index in [4.69, 9.17) is 0 Å². The summed E-state index contributed by atoms with van der Waals surface area (Å²) in [5.74, 6) is -0.249. The first-order chi connectivity index (χ1) is 7.69. The van der Waals surface area contributed by atoms with E-state index in [9.17, 15) is 4.79 Å². The van der Waals surface area contributed by atoms with E-state index >= 15 is 0 Å². The zero-order valence-corrected chi connectivity index (χ0v) is 10.1. The van der Waals surface area contributed by atoms with E-state index in [-0.39, 0.29) is 12.0 Å². The summed E-state index contributed by atoms with van der Waals surface area (Å²) in [5.41, 5.74) is 1.08. The number of esters is 1. The lowest BCUT2D eigenvalue weighted by molar-refractivity contribution is -0.142. The van der Waals surface area contributed by atoms with Crippen LogP contribution in [0.15, 0.2) is 12.5 Å². The number of imidazole rings is 1. The Morgan fingerprint density at radius 2 is 2.44 bits per heavy atom. The Labute approximate surface area is 95.8 Å². The van der Waals surface area contributed by atoms with E-state index in [1.807, 2.05) is 12.5 Å². The molecule has 0 aliphatic heterocycles. The molecular formula is C11H19N3O2. The number of nitrogens with zero attached hydrogens (tertiary/aromatic N) is 2. The lowest BCUT2D eigenvalue weighted by Crippen LogP contribution is -2.34. The molecule has 0 saturated heterocycles. The van der Waals surface area contributed by atoms with Gasteiger partial charge >= 0.3 is 5.97 Å². The summed E-state index contributed by atoms with van der Waals surface area (Å²) in [6.45, 7) is 5.47. The molecule has 0 amide bonds. The largest absolute Gasteiger partial charge is 0.468 e. The first-order valence-electron chi connectivity index (χ1n) is 5.49. The Morgan fingerprint density at radius 1 is 1.69 bits per heavy atom. The van der Waals surface area contributed by atoms with Crippen LogP contribution in [0.3, 0.4) is 0 Å². The third kappa shape index (κ3) is 3.34. The zero-order chi connectivity index (χ0) is 12.0. The second-order valence-electron chi connectivity index (χ2n) is 3.70. The highest BCUT2D eigenvalue weighted by atomic mass is 16.5. The molecular weight excluding hydrogens is 206 g/mol. The Kier molecular flexibility index (Phi) is 4.98. The van der Waals surface area contributed by atoms with Crippen LogP contribution in [0.2, 0.25) is 0 Å². The van der Waals surface area contributed by atoms with E-state index in [1.165, 1.54) is 7.11 Å². The molecule has 0 aliphatic carbocycles. The van der Waals surface area contributed by atoms with Crippen LogP contribution >= 0.6 is 0 Å². The molecule has 1 aromatic rings. The quantitative estimate of drug-likeness (QED) is 0.732. The minimum atomic E-state index is -0.296. The van der Waals surface area contributed by atoms with Crippen molar-refractivity contribution in [2.45, 2.75) is 39.4 Å². The Morgan fingerprint density at radius 3 is 3.06 bits per heavy atom. The Bertz CT molecular complexity index is 336. The van der Waals surface area contributed by atoms with Crippen molar-refractivity contribution in [1.29, 1.82) is 0 Å². The molecule has 90 valence electrons. The third-order valence-electron chi connectivity index (χ3n) is 2.41. The van der Waals surface area contributed by atoms with Crippen molar-refractivity contribution in [2.24, 2.45) is 0 Å². The lowest BCUT2D eigenvalue weighted by atomic mass is 10.3. The smallest absolute Gasteiger partial charge is 0.322 e. The Hall–Kier alpha value is -1.36. The summed E-state index contributed by atoms with van der Waals surface area (Å²) in [5, 5.41) is 3.10. The first-order valence-corrected chi connectivity index (χ1v) is 5.49. The molecule has 5 nitrogen and oxygen atoms in total. The fraction of sp³-hybridized carbons (Fsp3) is 0.636. The van der Waals surface area contributed by atoms with Crippen molar-refractivity contribution < 1.29 is 9.53 Å². The van der Waals surface area contributed by atoms with Crippen molar-refractivity contribution in [3.8, 4) is 0 Å². The molecule has 0 bridgehead atoms. The van der Waals surface area contributed by atoms with Gasteiger partial charge in [0, 0.05) is 19.3 Å². The predicted octanol–water partition coefficient (Wildman–Crippen LogP) is 0.944. The van der Waals surface area contributed by atoms with Crippen LogP contribution in [0.5, 0.6) is 0 Å². The highest BCUT2D eigenvalue weighted by molar-refractivity contribution is 5.75. The fourth-order valence-electron chi connectivity index (χ4n) is 1.46. The second-order valence-corrected chi connectivity index (χ2v) is 3.70. The van der Waals surface area contributed by atoms with Gasteiger partial charge in [0.2, 0.25) is 0 Å². The average Bonchev–Trinajstić information content (AvgIpc) is 2.73. The maximum absolute atomic E-state index is 11.2. The lowest BCUT2D eigenvalue weighted by Gasteiger charge is -2.12. The molecule has 1 aromatic heterocycles. The highest BCUT2D eigenvalue weighted by Crippen LogP contribution is 2.01. The van der Waals surface area contributed by atoms with E-state index in [1.54, 1.807) is 6.92 Å². The number of ether oxygens (including phenoxy) is 1. The van der Waals surface area contributed by atoms with Gasteiger partial charge in [-0.25, -0.2) is 4.98 Å². The van der Waals surface area contributed by atoms with Gasteiger partial charge in [-0.1, -0.05) is 6.92 Å². The minimum Gasteiger partial charge on any atom is -0.468 e. The number of carbonyl (C=O) groups is 1. The number of nitrogens with one attached hydrogen (secondary N) is 1. The molecule has 1 rings (SSSR count). The van der Waals surface area contributed by atoms with Crippen LogP contribution in [0.4, 0.5) is 0 Å². The highest BCUT2D eigenvalue weighted by Gasteiger charge is 2.12. The maximum Gasteiger partial charge on any atom is 0.322 e. The van der Waals surface area contributed by atoms with Crippen molar-refractivity contribution in [1.82, 2.24) is 14.9 Å². The minimum absolute atomic E-state index is 0.249. The standard InChI is InChI=1S/C11H19N3O2/c1-4-5-14-8-12-6-10(14)7-13-9(2)11(15)16-3/h6,8-9,13H,4-5,7H2,1-3H3. The number of methoxy groups -OCH3 is 1. The third-order valence-corrected chi connectivity index (χ3v) is 2.41. The van der Waals surface area contributed by atoms with Gasteiger partial charge in [0.15, 0.2) is 0 Å². The molecule has 5 heteroatoms. The van der Waals surface area contributed by atoms with E-state index in [2.05, 4.69) is 26.5 Å². The van der Waals surface area contributed by atoms with Gasteiger partial charge in [-0.2, -0.15) is 0 Å². The Balaban J connectivity index is 2.47. The molecule has 0 spiro atoms. The van der Waals surface area contributed by atoms with Crippen LogP contribution in [0.25, 0.3) is 0 Å². The van der Waals surface area contributed by atoms with Gasteiger partial charge in [-0.05, 0) is 13.3 Å². The number of rotatable bonds is 6. The van der Waals surface area contributed by atoms with Crippen LogP contribution in [0, 0.1) is 0 Å². The first kappa shape index (κ1) is 12.7. The molecule has 0 radical (unpaired) electrons. The van der Waals surface area contributed by atoms with Crippen LogP contribution < -0.4 is 5.32 Å². The van der Waals surface area contributed by atoms with E-state index in [0.717, 1.165) is 18.7 Å². The maximum atomic E-state index is 11.2. The predicted molar refractivity (Wildman–Crippen MR) is 60.8 cm³/mol. The van der Waals surface area contributed by atoms with Gasteiger partial charge in [-0.3, -0.25) is 10.1 Å². The van der Waals surface area contributed by atoms with Crippen molar-refractivity contribution in [2.75, 3.05) is 7.11 Å². The molecule has 1 unspecified atom stereocenters. The molecule has 1 atom stereocenters. The zero-order valence-electron chi connectivity index (χ0n) is 10.1. The van der Waals surface area contributed by atoms with Gasteiger partial charge in [0.05, 0.1) is 19.1 Å². The second kappa shape index (κ2) is 6.27. The van der Waals surface area contributed by atoms with Crippen LogP contribution in [-0.2, 0) is 22.6 Å². The average molecular weight is 225 g/mol. The molecule has 0 fully saturated rings. The SMILES string of the molecule is CCCn1cncc1CNC(C)C(=O)OC.